The highest BCUT2D eigenvalue weighted by Gasteiger charge is 2.31. The SMILES string of the molecule is CC[C@@H](NC(=O)C1CCN(S(=O)(=O)Cc2cccc(C)c2)CC1)c1ccccc1. The number of benzene rings is 2. The maximum atomic E-state index is 12.8. The first-order valence-corrected chi connectivity index (χ1v) is 11.9. The third-order valence-corrected chi connectivity index (χ3v) is 7.43. The number of sulfonamides is 1. The second kappa shape index (κ2) is 9.55. The molecule has 3 rings (SSSR count). The lowest BCUT2D eigenvalue weighted by Crippen LogP contribution is -2.44. The fourth-order valence-electron chi connectivity index (χ4n) is 3.90. The Morgan fingerprint density at radius 2 is 1.79 bits per heavy atom. The van der Waals surface area contributed by atoms with E-state index in [0.29, 0.717) is 25.9 Å². The minimum absolute atomic E-state index is 0.00761. The predicted molar refractivity (Wildman–Crippen MR) is 116 cm³/mol. The van der Waals surface area contributed by atoms with Crippen molar-refractivity contribution in [3.05, 3.63) is 71.3 Å². The second-order valence-electron chi connectivity index (χ2n) is 7.80. The van der Waals surface area contributed by atoms with E-state index in [-0.39, 0.29) is 23.6 Å². The first-order valence-electron chi connectivity index (χ1n) is 10.3. The lowest BCUT2D eigenvalue weighted by atomic mass is 9.96. The highest BCUT2D eigenvalue weighted by Crippen LogP contribution is 2.24. The minimum Gasteiger partial charge on any atom is -0.349 e. The molecule has 0 aliphatic carbocycles. The van der Waals surface area contributed by atoms with E-state index in [1.54, 1.807) is 0 Å². The summed E-state index contributed by atoms with van der Waals surface area (Å²) >= 11 is 0. The van der Waals surface area contributed by atoms with Crippen LogP contribution < -0.4 is 5.32 Å². The van der Waals surface area contributed by atoms with Gasteiger partial charge in [0.15, 0.2) is 0 Å². The number of carbonyl (C=O) groups is 1. The van der Waals surface area contributed by atoms with Crippen LogP contribution >= 0.6 is 0 Å². The molecular formula is C23H30N2O3S. The second-order valence-corrected chi connectivity index (χ2v) is 9.77. The standard InChI is InChI=1S/C23H30N2O3S/c1-3-22(20-10-5-4-6-11-20)24-23(26)21-12-14-25(15-13-21)29(27,28)17-19-9-7-8-18(2)16-19/h4-11,16,21-22H,3,12-15,17H2,1-2H3,(H,24,26)/t22-/m1/s1. The van der Waals surface area contributed by atoms with Gasteiger partial charge < -0.3 is 5.32 Å². The molecule has 1 heterocycles. The first-order chi connectivity index (χ1) is 13.9. The molecule has 1 saturated heterocycles. The van der Waals surface area contributed by atoms with E-state index in [1.165, 1.54) is 4.31 Å². The molecule has 0 radical (unpaired) electrons. The lowest BCUT2D eigenvalue weighted by Gasteiger charge is -2.31. The summed E-state index contributed by atoms with van der Waals surface area (Å²) in [6, 6.07) is 17.5. The van der Waals surface area contributed by atoms with Crippen molar-refractivity contribution < 1.29 is 13.2 Å². The Labute approximate surface area is 174 Å². The van der Waals surface area contributed by atoms with Crippen LogP contribution in [0.25, 0.3) is 0 Å². The molecule has 1 aliphatic rings. The lowest BCUT2D eigenvalue weighted by molar-refractivity contribution is -0.126. The molecule has 0 aromatic heterocycles. The molecule has 0 spiro atoms. The van der Waals surface area contributed by atoms with Crippen molar-refractivity contribution in [2.45, 2.75) is 44.9 Å². The molecule has 0 bridgehead atoms. The first kappa shape index (κ1) is 21.5. The van der Waals surface area contributed by atoms with Crippen LogP contribution in [0.15, 0.2) is 54.6 Å². The number of piperidine rings is 1. The molecule has 1 aliphatic heterocycles. The molecule has 2 aromatic rings. The molecule has 29 heavy (non-hydrogen) atoms. The van der Waals surface area contributed by atoms with Gasteiger partial charge in [0.05, 0.1) is 11.8 Å². The van der Waals surface area contributed by atoms with Crippen LogP contribution in [0.3, 0.4) is 0 Å². The molecule has 5 nitrogen and oxygen atoms in total. The van der Waals surface area contributed by atoms with Crippen LogP contribution in [-0.4, -0.2) is 31.7 Å². The van der Waals surface area contributed by atoms with Crippen molar-refractivity contribution in [3.8, 4) is 0 Å². The van der Waals surface area contributed by atoms with Crippen LogP contribution in [0.4, 0.5) is 0 Å². The Balaban J connectivity index is 1.56. The maximum Gasteiger partial charge on any atom is 0.223 e. The molecule has 2 aromatic carbocycles. The molecule has 1 fully saturated rings. The number of hydrogen-bond acceptors (Lipinski definition) is 3. The van der Waals surface area contributed by atoms with E-state index in [2.05, 4.69) is 12.2 Å². The molecule has 1 atom stereocenters. The van der Waals surface area contributed by atoms with Gasteiger partial charge in [-0.05, 0) is 37.3 Å². The summed E-state index contributed by atoms with van der Waals surface area (Å²) in [5.74, 6) is -0.105. The Kier molecular flexibility index (Phi) is 7.09. The van der Waals surface area contributed by atoms with Gasteiger partial charge in [0.25, 0.3) is 0 Å². The number of nitrogens with one attached hydrogen (secondary N) is 1. The molecular weight excluding hydrogens is 384 g/mol. The van der Waals surface area contributed by atoms with Gasteiger partial charge in [-0.2, -0.15) is 0 Å². The zero-order valence-electron chi connectivity index (χ0n) is 17.2. The number of rotatable bonds is 7. The van der Waals surface area contributed by atoms with Crippen molar-refractivity contribution >= 4 is 15.9 Å². The molecule has 0 saturated carbocycles. The Morgan fingerprint density at radius 1 is 1.10 bits per heavy atom. The Morgan fingerprint density at radius 3 is 2.41 bits per heavy atom. The van der Waals surface area contributed by atoms with E-state index in [4.69, 9.17) is 0 Å². The van der Waals surface area contributed by atoms with E-state index >= 15 is 0 Å². The summed E-state index contributed by atoms with van der Waals surface area (Å²) in [6.45, 7) is 4.81. The molecule has 0 unspecified atom stereocenters. The number of nitrogens with zero attached hydrogens (tertiary/aromatic N) is 1. The Bertz CT molecular complexity index is 920. The van der Waals surface area contributed by atoms with Gasteiger partial charge in [-0.1, -0.05) is 67.1 Å². The fraction of sp³-hybridized carbons (Fsp3) is 0.435. The smallest absolute Gasteiger partial charge is 0.223 e. The highest BCUT2D eigenvalue weighted by molar-refractivity contribution is 7.88. The van der Waals surface area contributed by atoms with Gasteiger partial charge in [-0.3, -0.25) is 4.79 Å². The third-order valence-electron chi connectivity index (χ3n) is 5.58. The normalized spacial score (nSPS) is 17.0. The fourth-order valence-corrected chi connectivity index (χ4v) is 5.45. The quantitative estimate of drug-likeness (QED) is 0.749. The number of carbonyl (C=O) groups excluding carboxylic acids is 1. The van der Waals surface area contributed by atoms with Crippen molar-refractivity contribution in [1.29, 1.82) is 0 Å². The monoisotopic (exact) mass is 414 g/mol. The Hall–Kier alpha value is -2.18. The van der Waals surface area contributed by atoms with Crippen molar-refractivity contribution in [3.63, 3.8) is 0 Å². The van der Waals surface area contributed by atoms with E-state index < -0.39 is 10.0 Å². The summed E-state index contributed by atoms with van der Waals surface area (Å²) < 4.78 is 27.1. The van der Waals surface area contributed by atoms with Crippen molar-refractivity contribution in [1.82, 2.24) is 9.62 Å². The zero-order valence-corrected chi connectivity index (χ0v) is 18.0. The molecule has 1 N–H and O–H groups in total. The molecule has 1 amide bonds. The van der Waals surface area contributed by atoms with E-state index in [1.807, 2.05) is 61.5 Å². The van der Waals surface area contributed by atoms with Gasteiger partial charge in [0.1, 0.15) is 0 Å². The van der Waals surface area contributed by atoms with Crippen molar-refractivity contribution in [2.75, 3.05) is 13.1 Å². The maximum absolute atomic E-state index is 12.8. The van der Waals surface area contributed by atoms with Gasteiger partial charge in [0, 0.05) is 19.0 Å². The average Bonchev–Trinajstić information content (AvgIpc) is 2.72. The summed E-state index contributed by atoms with van der Waals surface area (Å²) in [5, 5.41) is 3.15. The van der Waals surface area contributed by atoms with Gasteiger partial charge in [-0.15, -0.1) is 0 Å². The topological polar surface area (TPSA) is 66.5 Å². The summed E-state index contributed by atoms with van der Waals surface area (Å²) in [5.41, 5.74) is 2.96. The molecule has 6 heteroatoms. The van der Waals surface area contributed by atoms with Crippen molar-refractivity contribution in [2.24, 2.45) is 5.92 Å². The molecule has 156 valence electrons. The van der Waals surface area contributed by atoms with Gasteiger partial charge in [-0.25, -0.2) is 12.7 Å². The van der Waals surface area contributed by atoms with E-state index in [9.17, 15) is 13.2 Å². The summed E-state index contributed by atoms with van der Waals surface area (Å²) in [4.78, 5) is 12.7. The third kappa shape index (κ3) is 5.67. The van der Waals surface area contributed by atoms with Crippen LogP contribution in [0.2, 0.25) is 0 Å². The highest BCUT2D eigenvalue weighted by atomic mass is 32.2. The number of hydrogen-bond donors (Lipinski definition) is 1. The van der Waals surface area contributed by atoms with Gasteiger partial charge in [0.2, 0.25) is 15.9 Å². The van der Waals surface area contributed by atoms with Crippen LogP contribution in [0.1, 0.15) is 48.9 Å². The van der Waals surface area contributed by atoms with Gasteiger partial charge >= 0.3 is 0 Å². The largest absolute Gasteiger partial charge is 0.349 e. The summed E-state index contributed by atoms with van der Waals surface area (Å²) in [6.07, 6.45) is 1.94. The zero-order chi connectivity index (χ0) is 20.9. The number of aryl methyl sites for hydroxylation is 1. The predicted octanol–water partition coefficient (Wildman–Crippen LogP) is 3.80. The summed E-state index contributed by atoms with van der Waals surface area (Å²) in [7, 11) is -3.37. The van der Waals surface area contributed by atoms with Crippen LogP contribution in [-0.2, 0) is 20.6 Å². The van der Waals surface area contributed by atoms with E-state index in [0.717, 1.165) is 23.1 Å². The number of amides is 1. The minimum atomic E-state index is -3.37. The van der Waals surface area contributed by atoms with Crippen LogP contribution in [0, 0.1) is 12.8 Å². The average molecular weight is 415 g/mol. The van der Waals surface area contributed by atoms with Crippen LogP contribution in [0.5, 0.6) is 0 Å².